The van der Waals surface area contributed by atoms with Gasteiger partial charge in [0.2, 0.25) is 0 Å². The molecule has 0 bridgehead atoms. The summed E-state index contributed by atoms with van der Waals surface area (Å²) in [6, 6.07) is 8.11. The van der Waals surface area contributed by atoms with Gasteiger partial charge in [0.1, 0.15) is 6.07 Å². The molecule has 4 nitrogen and oxygen atoms in total. The zero-order valence-corrected chi connectivity index (χ0v) is 12.7. The molecule has 1 heterocycles. The second-order valence-corrected chi connectivity index (χ2v) is 6.01. The second kappa shape index (κ2) is 6.49. The summed E-state index contributed by atoms with van der Waals surface area (Å²) in [5.41, 5.74) is 0.826. The lowest BCUT2D eigenvalue weighted by molar-refractivity contribution is -0.0572. The Morgan fingerprint density at radius 3 is 2.75 bits per heavy atom. The maximum Gasteiger partial charge on any atom is 0.102 e. The Balaban J connectivity index is 2.21. The molecule has 1 saturated heterocycles. The van der Waals surface area contributed by atoms with E-state index in [9.17, 15) is 10.4 Å². The molecule has 0 saturated carbocycles. The van der Waals surface area contributed by atoms with Crippen LogP contribution in [0.15, 0.2) is 23.1 Å². The maximum absolute atomic E-state index is 10.6. The number of hydrogen-bond donors (Lipinski definition) is 1. The summed E-state index contributed by atoms with van der Waals surface area (Å²) in [5.74, 6) is 0. The Hall–Kier alpha value is -1.22. The number of anilines is 1. The average Bonchev–Trinajstić information content (AvgIpc) is 2.46. The first kappa shape index (κ1) is 15.2. The minimum absolute atomic E-state index is 0.517. The third-order valence-electron chi connectivity index (χ3n) is 3.70. The molecule has 0 atom stereocenters. The van der Waals surface area contributed by atoms with Gasteiger partial charge in [-0.1, -0.05) is 6.07 Å². The van der Waals surface area contributed by atoms with Crippen LogP contribution in [0.25, 0.3) is 0 Å². The molecule has 1 aromatic rings. The van der Waals surface area contributed by atoms with E-state index in [-0.39, 0.29) is 0 Å². The molecule has 5 heteroatoms. The van der Waals surface area contributed by atoms with Gasteiger partial charge in [0.15, 0.2) is 0 Å². The van der Waals surface area contributed by atoms with Gasteiger partial charge in [-0.05, 0) is 18.4 Å². The summed E-state index contributed by atoms with van der Waals surface area (Å²) in [5, 5.41) is 20.0. The van der Waals surface area contributed by atoms with E-state index in [4.69, 9.17) is 4.74 Å². The summed E-state index contributed by atoms with van der Waals surface area (Å²) in [4.78, 5) is 2.94. The molecule has 0 aliphatic carbocycles. The number of nitrogens with zero attached hydrogens (tertiary/aromatic N) is 2. The second-order valence-electron chi connectivity index (χ2n) is 5.16. The van der Waals surface area contributed by atoms with E-state index >= 15 is 0 Å². The van der Waals surface area contributed by atoms with Gasteiger partial charge in [0.25, 0.3) is 0 Å². The third-order valence-corrected chi connectivity index (χ3v) is 4.48. The van der Waals surface area contributed by atoms with Gasteiger partial charge >= 0.3 is 0 Å². The maximum atomic E-state index is 10.6. The van der Waals surface area contributed by atoms with E-state index in [0.29, 0.717) is 38.2 Å². The standard InChI is InChI=1S/C15H20N2O2S/c1-17(11-15(18)6-8-19-9-7-15)13-4-3-5-14(20-2)12(13)10-16/h3-5,18H,6-9,11H2,1-2H3. The number of thioether (sulfide) groups is 1. The Morgan fingerprint density at radius 1 is 1.45 bits per heavy atom. The molecule has 108 valence electrons. The van der Waals surface area contributed by atoms with E-state index in [1.54, 1.807) is 11.8 Å². The summed E-state index contributed by atoms with van der Waals surface area (Å²) in [7, 11) is 1.92. The van der Waals surface area contributed by atoms with Gasteiger partial charge < -0.3 is 14.7 Å². The predicted molar refractivity (Wildman–Crippen MR) is 81.2 cm³/mol. The normalized spacial score (nSPS) is 17.5. The first-order valence-electron chi connectivity index (χ1n) is 6.68. The van der Waals surface area contributed by atoms with Crippen LogP contribution >= 0.6 is 11.8 Å². The number of benzene rings is 1. The average molecular weight is 292 g/mol. The van der Waals surface area contributed by atoms with Crippen molar-refractivity contribution in [1.82, 2.24) is 0 Å². The highest BCUT2D eigenvalue weighted by Crippen LogP contribution is 2.30. The molecule has 0 aromatic heterocycles. The van der Waals surface area contributed by atoms with E-state index in [2.05, 4.69) is 6.07 Å². The number of likely N-dealkylation sites (N-methyl/N-ethyl adjacent to an activating group) is 1. The van der Waals surface area contributed by atoms with Gasteiger partial charge in [0.05, 0.1) is 16.9 Å². The van der Waals surface area contributed by atoms with E-state index in [1.165, 1.54) is 0 Å². The van der Waals surface area contributed by atoms with Gasteiger partial charge in [-0.3, -0.25) is 0 Å². The number of rotatable bonds is 4. The highest BCUT2D eigenvalue weighted by molar-refractivity contribution is 7.98. The van der Waals surface area contributed by atoms with Crippen LogP contribution in [0.3, 0.4) is 0 Å². The Kier molecular flexibility index (Phi) is 4.92. The fraction of sp³-hybridized carbons (Fsp3) is 0.533. The van der Waals surface area contributed by atoms with Crippen molar-refractivity contribution in [2.45, 2.75) is 23.3 Å². The monoisotopic (exact) mass is 292 g/mol. The summed E-state index contributed by atoms with van der Waals surface area (Å²) >= 11 is 1.57. The van der Waals surface area contributed by atoms with Crippen molar-refractivity contribution in [3.63, 3.8) is 0 Å². The van der Waals surface area contributed by atoms with Crippen LogP contribution in [0.5, 0.6) is 0 Å². The number of nitriles is 1. The largest absolute Gasteiger partial charge is 0.388 e. The van der Waals surface area contributed by atoms with Crippen molar-refractivity contribution in [3.05, 3.63) is 23.8 Å². The van der Waals surface area contributed by atoms with Crippen molar-refractivity contribution in [2.75, 3.05) is 38.0 Å². The molecule has 1 aromatic carbocycles. The number of aliphatic hydroxyl groups is 1. The van der Waals surface area contributed by atoms with E-state index in [1.807, 2.05) is 36.4 Å². The molecule has 1 aliphatic heterocycles. The molecule has 2 rings (SSSR count). The van der Waals surface area contributed by atoms with Crippen molar-refractivity contribution < 1.29 is 9.84 Å². The van der Waals surface area contributed by atoms with Crippen LogP contribution < -0.4 is 4.90 Å². The van der Waals surface area contributed by atoms with Crippen LogP contribution in [-0.2, 0) is 4.74 Å². The molecule has 0 amide bonds. The molecule has 1 N–H and O–H groups in total. The van der Waals surface area contributed by atoms with Crippen LogP contribution in [0.1, 0.15) is 18.4 Å². The lowest BCUT2D eigenvalue weighted by Gasteiger charge is -2.36. The zero-order chi connectivity index (χ0) is 14.6. The zero-order valence-electron chi connectivity index (χ0n) is 11.9. The number of ether oxygens (including phenoxy) is 1. The van der Waals surface area contributed by atoms with E-state index < -0.39 is 5.60 Å². The predicted octanol–water partition coefficient (Wildman–Crippen LogP) is 2.26. The van der Waals surface area contributed by atoms with Crippen LogP contribution in [0, 0.1) is 11.3 Å². The molecule has 20 heavy (non-hydrogen) atoms. The SMILES string of the molecule is CSc1cccc(N(C)CC2(O)CCOCC2)c1C#N. The first-order chi connectivity index (χ1) is 9.59. The highest BCUT2D eigenvalue weighted by Gasteiger charge is 2.31. The Morgan fingerprint density at radius 2 is 2.15 bits per heavy atom. The number of hydrogen-bond acceptors (Lipinski definition) is 5. The molecule has 1 fully saturated rings. The third kappa shape index (κ3) is 3.26. The lowest BCUT2D eigenvalue weighted by Crippen LogP contribution is -2.45. The summed E-state index contributed by atoms with van der Waals surface area (Å²) < 4.78 is 5.30. The van der Waals surface area contributed by atoms with Crippen LogP contribution in [-0.4, -0.2) is 43.8 Å². The minimum atomic E-state index is -0.727. The quantitative estimate of drug-likeness (QED) is 0.863. The topological polar surface area (TPSA) is 56.5 Å². The Labute approximate surface area is 124 Å². The van der Waals surface area contributed by atoms with Crippen LogP contribution in [0.4, 0.5) is 5.69 Å². The first-order valence-corrected chi connectivity index (χ1v) is 7.90. The molecule has 0 radical (unpaired) electrons. The van der Waals surface area contributed by atoms with Crippen molar-refractivity contribution >= 4 is 17.4 Å². The fourth-order valence-corrected chi connectivity index (χ4v) is 3.13. The van der Waals surface area contributed by atoms with Crippen molar-refractivity contribution in [1.29, 1.82) is 5.26 Å². The molecule has 0 spiro atoms. The van der Waals surface area contributed by atoms with Crippen LogP contribution in [0.2, 0.25) is 0 Å². The molecular formula is C15H20N2O2S. The highest BCUT2D eigenvalue weighted by atomic mass is 32.2. The smallest absolute Gasteiger partial charge is 0.102 e. The van der Waals surface area contributed by atoms with Crippen molar-refractivity contribution in [3.8, 4) is 6.07 Å². The lowest BCUT2D eigenvalue weighted by atomic mass is 9.93. The minimum Gasteiger partial charge on any atom is -0.388 e. The van der Waals surface area contributed by atoms with Crippen molar-refractivity contribution in [2.24, 2.45) is 0 Å². The molecule has 1 aliphatic rings. The molecule has 0 unspecified atom stereocenters. The molecular weight excluding hydrogens is 272 g/mol. The fourth-order valence-electron chi connectivity index (χ4n) is 2.56. The Bertz CT molecular complexity index is 507. The van der Waals surface area contributed by atoms with Gasteiger partial charge in [-0.15, -0.1) is 11.8 Å². The van der Waals surface area contributed by atoms with Gasteiger partial charge in [-0.2, -0.15) is 5.26 Å². The summed E-state index contributed by atoms with van der Waals surface area (Å²) in [6.45, 7) is 1.71. The van der Waals surface area contributed by atoms with Gasteiger partial charge in [-0.25, -0.2) is 0 Å². The van der Waals surface area contributed by atoms with Gasteiger partial charge in [0, 0.05) is 44.5 Å². The van der Waals surface area contributed by atoms with E-state index in [0.717, 1.165) is 10.6 Å². The summed E-state index contributed by atoms with van der Waals surface area (Å²) in [6.07, 6.45) is 3.24.